The lowest BCUT2D eigenvalue weighted by atomic mass is 9.84. The van der Waals surface area contributed by atoms with Gasteiger partial charge in [-0.2, -0.15) is 5.26 Å². The molecule has 1 aliphatic rings. The van der Waals surface area contributed by atoms with Gasteiger partial charge in [-0.25, -0.2) is 0 Å². The number of hydrogen-bond acceptors (Lipinski definition) is 3. The molecule has 18 heavy (non-hydrogen) atoms. The van der Waals surface area contributed by atoms with Crippen molar-refractivity contribution in [1.29, 1.82) is 5.26 Å². The lowest BCUT2D eigenvalue weighted by molar-refractivity contribution is -0.122. The Bertz CT molecular complexity index is 309. The second-order valence-electron chi connectivity index (χ2n) is 5.70. The third-order valence-electron chi connectivity index (χ3n) is 3.56. The van der Waals surface area contributed by atoms with Crippen LogP contribution in [0.3, 0.4) is 0 Å². The van der Waals surface area contributed by atoms with Crippen molar-refractivity contribution in [3.63, 3.8) is 0 Å². The van der Waals surface area contributed by atoms with Crippen molar-refractivity contribution in [3.05, 3.63) is 0 Å². The van der Waals surface area contributed by atoms with Crippen LogP contribution in [0.5, 0.6) is 0 Å². The number of nitriles is 1. The van der Waals surface area contributed by atoms with Crippen molar-refractivity contribution < 1.29 is 4.79 Å². The maximum Gasteiger partial charge on any atom is 0.234 e. The van der Waals surface area contributed by atoms with Crippen LogP contribution >= 0.6 is 0 Å². The molecule has 1 saturated carbocycles. The summed E-state index contributed by atoms with van der Waals surface area (Å²) in [5, 5.41) is 12.1. The smallest absolute Gasteiger partial charge is 0.234 e. The third-order valence-corrected chi connectivity index (χ3v) is 3.56. The summed E-state index contributed by atoms with van der Waals surface area (Å²) >= 11 is 0. The molecular weight excluding hydrogens is 226 g/mol. The Labute approximate surface area is 110 Å². The lowest BCUT2D eigenvalue weighted by Gasteiger charge is -2.34. The first-order valence-electron chi connectivity index (χ1n) is 6.91. The molecule has 0 aliphatic heterocycles. The Morgan fingerprint density at radius 2 is 2.11 bits per heavy atom. The normalized spacial score (nSPS) is 24.0. The number of carbonyl (C=O) groups excluding carboxylic acids is 1. The van der Waals surface area contributed by atoms with Crippen LogP contribution in [0.2, 0.25) is 0 Å². The van der Waals surface area contributed by atoms with Crippen LogP contribution in [0.15, 0.2) is 0 Å². The molecule has 0 saturated heterocycles. The Balaban J connectivity index is 2.41. The molecule has 102 valence electrons. The maximum absolute atomic E-state index is 11.8. The summed E-state index contributed by atoms with van der Waals surface area (Å²) in [4.78, 5) is 13.8. The van der Waals surface area contributed by atoms with Gasteiger partial charge in [0, 0.05) is 12.6 Å². The zero-order valence-corrected chi connectivity index (χ0v) is 11.8. The number of rotatable bonds is 5. The minimum atomic E-state index is 0.0634. The summed E-state index contributed by atoms with van der Waals surface area (Å²) in [7, 11) is 1.95. The lowest BCUT2D eigenvalue weighted by Crippen LogP contribution is -2.45. The van der Waals surface area contributed by atoms with E-state index in [0.717, 1.165) is 25.8 Å². The van der Waals surface area contributed by atoms with Gasteiger partial charge in [0.1, 0.15) is 0 Å². The van der Waals surface area contributed by atoms with Gasteiger partial charge >= 0.3 is 0 Å². The molecule has 1 N–H and O–H groups in total. The third kappa shape index (κ3) is 4.66. The Hall–Kier alpha value is -1.08. The molecule has 2 unspecified atom stereocenters. The molecule has 4 heteroatoms. The molecule has 0 aromatic carbocycles. The van der Waals surface area contributed by atoms with Crippen LogP contribution in [0.25, 0.3) is 0 Å². The first-order valence-corrected chi connectivity index (χ1v) is 6.91. The average molecular weight is 251 g/mol. The quantitative estimate of drug-likeness (QED) is 0.810. The molecule has 1 amide bonds. The van der Waals surface area contributed by atoms with E-state index >= 15 is 0 Å². The van der Waals surface area contributed by atoms with E-state index in [-0.39, 0.29) is 17.9 Å². The van der Waals surface area contributed by atoms with Crippen molar-refractivity contribution in [3.8, 4) is 6.07 Å². The highest BCUT2D eigenvalue weighted by molar-refractivity contribution is 5.78. The molecule has 1 fully saturated rings. The molecular formula is C14H25N3O. The van der Waals surface area contributed by atoms with Gasteiger partial charge in [-0.1, -0.05) is 26.7 Å². The fraction of sp³-hybridized carbons (Fsp3) is 0.857. The molecule has 2 atom stereocenters. The molecule has 1 rings (SSSR count). The van der Waals surface area contributed by atoms with Crippen molar-refractivity contribution >= 4 is 5.91 Å². The highest BCUT2D eigenvalue weighted by Gasteiger charge is 2.28. The number of likely N-dealkylation sites (N-methyl/N-ethyl adjacent to an activating group) is 1. The molecule has 0 aromatic rings. The highest BCUT2D eigenvalue weighted by Crippen LogP contribution is 2.27. The SMILES string of the molecule is CC(C)CNC(=O)CN(C)C1CCCCC1C#N. The second-order valence-corrected chi connectivity index (χ2v) is 5.70. The van der Waals surface area contributed by atoms with Gasteiger partial charge in [0.05, 0.1) is 18.5 Å². The summed E-state index contributed by atoms with van der Waals surface area (Å²) in [6.45, 7) is 5.28. The number of hydrogen-bond donors (Lipinski definition) is 1. The standard InChI is InChI=1S/C14H25N3O/c1-11(2)9-16-14(18)10-17(3)13-7-5-4-6-12(13)8-15/h11-13H,4-7,9-10H2,1-3H3,(H,16,18). The average Bonchev–Trinajstić information content (AvgIpc) is 2.36. The van der Waals surface area contributed by atoms with E-state index in [1.165, 1.54) is 6.42 Å². The zero-order chi connectivity index (χ0) is 13.5. The Kier molecular flexibility index (Phi) is 6.14. The van der Waals surface area contributed by atoms with Crippen LogP contribution in [0.1, 0.15) is 39.5 Å². The van der Waals surface area contributed by atoms with Gasteiger partial charge in [-0.05, 0) is 25.8 Å². The summed E-state index contributed by atoms with van der Waals surface area (Å²) in [6.07, 6.45) is 4.31. The Morgan fingerprint density at radius 1 is 1.44 bits per heavy atom. The molecule has 0 aromatic heterocycles. The fourth-order valence-electron chi connectivity index (χ4n) is 2.51. The summed E-state index contributed by atoms with van der Waals surface area (Å²) < 4.78 is 0. The molecule has 0 heterocycles. The second kappa shape index (κ2) is 7.38. The minimum absolute atomic E-state index is 0.0634. The highest BCUT2D eigenvalue weighted by atomic mass is 16.2. The zero-order valence-electron chi connectivity index (χ0n) is 11.8. The topological polar surface area (TPSA) is 56.1 Å². The summed E-state index contributed by atoms with van der Waals surface area (Å²) in [6, 6.07) is 2.63. The predicted octanol–water partition coefficient (Wildman–Crippen LogP) is 1.77. The van der Waals surface area contributed by atoms with E-state index in [0.29, 0.717) is 12.5 Å². The van der Waals surface area contributed by atoms with Crippen molar-refractivity contribution in [2.45, 2.75) is 45.6 Å². The van der Waals surface area contributed by atoms with E-state index in [4.69, 9.17) is 5.26 Å². The fourth-order valence-corrected chi connectivity index (χ4v) is 2.51. The van der Waals surface area contributed by atoms with Crippen molar-refractivity contribution in [2.24, 2.45) is 11.8 Å². The first kappa shape index (κ1) is 15.0. The molecule has 0 bridgehead atoms. The van der Waals surface area contributed by atoms with Crippen LogP contribution in [0, 0.1) is 23.2 Å². The Morgan fingerprint density at radius 3 is 2.72 bits per heavy atom. The number of nitrogens with zero attached hydrogens (tertiary/aromatic N) is 2. The summed E-state index contributed by atoms with van der Waals surface area (Å²) in [5.74, 6) is 0.621. The van der Waals surface area contributed by atoms with Gasteiger partial charge in [-0.3, -0.25) is 9.69 Å². The monoisotopic (exact) mass is 251 g/mol. The summed E-state index contributed by atoms with van der Waals surface area (Å²) in [5.41, 5.74) is 0. The maximum atomic E-state index is 11.8. The molecule has 0 radical (unpaired) electrons. The van der Waals surface area contributed by atoms with Gasteiger partial charge in [0.2, 0.25) is 5.91 Å². The van der Waals surface area contributed by atoms with Crippen LogP contribution < -0.4 is 5.32 Å². The minimum Gasteiger partial charge on any atom is -0.355 e. The van der Waals surface area contributed by atoms with E-state index in [1.807, 2.05) is 11.9 Å². The van der Waals surface area contributed by atoms with Gasteiger partial charge in [0.15, 0.2) is 0 Å². The number of nitrogens with one attached hydrogen (secondary N) is 1. The predicted molar refractivity (Wildman–Crippen MR) is 71.8 cm³/mol. The number of amides is 1. The van der Waals surface area contributed by atoms with Gasteiger partial charge in [-0.15, -0.1) is 0 Å². The largest absolute Gasteiger partial charge is 0.355 e. The van der Waals surface area contributed by atoms with E-state index < -0.39 is 0 Å². The van der Waals surface area contributed by atoms with Crippen molar-refractivity contribution in [2.75, 3.05) is 20.1 Å². The molecule has 1 aliphatic carbocycles. The first-order chi connectivity index (χ1) is 8.54. The van der Waals surface area contributed by atoms with E-state index in [1.54, 1.807) is 0 Å². The van der Waals surface area contributed by atoms with Gasteiger partial charge < -0.3 is 5.32 Å². The van der Waals surface area contributed by atoms with Crippen LogP contribution in [-0.2, 0) is 4.79 Å². The molecule has 4 nitrogen and oxygen atoms in total. The van der Waals surface area contributed by atoms with Crippen molar-refractivity contribution in [1.82, 2.24) is 10.2 Å². The van der Waals surface area contributed by atoms with Crippen LogP contribution in [-0.4, -0.2) is 37.0 Å². The van der Waals surface area contributed by atoms with Gasteiger partial charge in [0.25, 0.3) is 0 Å². The van der Waals surface area contributed by atoms with E-state index in [9.17, 15) is 4.79 Å². The molecule has 0 spiro atoms. The van der Waals surface area contributed by atoms with E-state index in [2.05, 4.69) is 25.2 Å². The number of carbonyl (C=O) groups is 1. The van der Waals surface area contributed by atoms with Crippen LogP contribution in [0.4, 0.5) is 0 Å².